The van der Waals surface area contributed by atoms with Gasteiger partial charge in [-0.2, -0.15) is 0 Å². The molecule has 8 nitrogen and oxygen atoms in total. The maximum Gasteiger partial charge on any atom is 0.255 e. The fourth-order valence-electron chi connectivity index (χ4n) is 5.91. The molecule has 0 spiro atoms. The largest absolute Gasteiger partial charge is 0.497 e. The summed E-state index contributed by atoms with van der Waals surface area (Å²) < 4.78 is 11.2. The van der Waals surface area contributed by atoms with Gasteiger partial charge in [-0.05, 0) is 42.2 Å². The van der Waals surface area contributed by atoms with Crippen molar-refractivity contribution in [2.45, 2.75) is 56.3 Å². The highest BCUT2D eigenvalue weighted by molar-refractivity contribution is 6.01. The molecule has 204 valence electrons. The van der Waals surface area contributed by atoms with E-state index in [1.807, 2.05) is 65.6 Å². The Labute approximate surface area is 229 Å². The van der Waals surface area contributed by atoms with Gasteiger partial charge in [-0.3, -0.25) is 14.4 Å². The number of nitrogens with zero attached hydrogens (tertiary/aromatic N) is 1. The lowest BCUT2D eigenvalue weighted by molar-refractivity contribution is -0.138. The van der Waals surface area contributed by atoms with E-state index in [1.54, 1.807) is 26.4 Å². The summed E-state index contributed by atoms with van der Waals surface area (Å²) in [6, 6.07) is 21.3. The van der Waals surface area contributed by atoms with Gasteiger partial charge in [0.05, 0.1) is 32.8 Å². The molecule has 5 rings (SSSR count). The lowest BCUT2D eigenvalue weighted by Gasteiger charge is -2.48. The monoisotopic (exact) mass is 529 g/mol. The smallest absolute Gasteiger partial charge is 0.255 e. The summed E-state index contributed by atoms with van der Waals surface area (Å²) in [6.07, 6.45) is 3.57. The predicted octanol–water partition coefficient (Wildman–Crippen LogP) is 4.50. The Hall–Kier alpha value is -3.88. The molecule has 4 atom stereocenters. The van der Waals surface area contributed by atoms with Gasteiger partial charge in [0.25, 0.3) is 11.8 Å². The van der Waals surface area contributed by atoms with Crippen LogP contribution in [-0.4, -0.2) is 43.0 Å². The number of hydroxylamine groups is 1. The van der Waals surface area contributed by atoms with Gasteiger partial charge in [0.2, 0.25) is 0 Å². The van der Waals surface area contributed by atoms with Crippen LogP contribution >= 0.6 is 0 Å². The van der Waals surface area contributed by atoms with Gasteiger partial charge in [-0.15, -0.1) is 0 Å². The highest BCUT2D eigenvalue weighted by Gasteiger charge is 2.49. The van der Waals surface area contributed by atoms with Gasteiger partial charge in [0.15, 0.2) is 0 Å². The van der Waals surface area contributed by atoms with E-state index in [0.29, 0.717) is 28.2 Å². The molecule has 1 saturated carbocycles. The quantitative estimate of drug-likeness (QED) is 0.417. The number of hydrogen-bond donors (Lipinski definition) is 2. The second-order valence-electron chi connectivity index (χ2n) is 10.1. The van der Waals surface area contributed by atoms with Crippen molar-refractivity contribution in [3.8, 4) is 11.5 Å². The minimum absolute atomic E-state index is 0.134. The number of rotatable bonds is 8. The van der Waals surface area contributed by atoms with Crippen LogP contribution in [0, 0.1) is 0 Å². The molecule has 0 saturated heterocycles. The average Bonchev–Trinajstić information content (AvgIpc) is 2.97. The SMILES string of the molecule is COc1ccc([C@H]2[C@H](C(=O)NOCc3ccccc3)c3ccccc3C(=O)N2[C@@H]2CCCC[C@H]2N)c(OC)c1. The Morgan fingerprint density at radius 3 is 2.44 bits per heavy atom. The van der Waals surface area contributed by atoms with Crippen molar-refractivity contribution in [1.29, 1.82) is 0 Å². The maximum absolute atomic E-state index is 14.2. The minimum Gasteiger partial charge on any atom is -0.497 e. The number of hydrogen-bond acceptors (Lipinski definition) is 6. The normalized spacial score (nSPS) is 22.6. The molecule has 1 fully saturated rings. The molecule has 3 aromatic rings. The molecule has 39 heavy (non-hydrogen) atoms. The van der Waals surface area contributed by atoms with Crippen molar-refractivity contribution >= 4 is 11.8 Å². The highest BCUT2D eigenvalue weighted by Crippen LogP contribution is 2.48. The zero-order chi connectivity index (χ0) is 27.4. The average molecular weight is 530 g/mol. The lowest BCUT2D eigenvalue weighted by Crippen LogP contribution is -2.57. The molecule has 8 heteroatoms. The molecule has 1 aliphatic heterocycles. The maximum atomic E-state index is 14.2. The summed E-state index contributed by atoms with van der Waals surface area (Å²) in [6.45, 7) is 0.216. The first-order chi connectivity index (χ1) is 19.0. The van der Waals surface area contributed by atoms with E-state index in [-0.39, 0.29) is 30.5 Å². The van der Waals surface area contributed by atoms with Gasteiger partial charge in [0.1, 0.15) is 11.5 Å². The number of fused-ring (bicyclic) bond motifs is 1. The highest BCUT2D eigenvalue weighted by atomic mass is 16.6. The third-order valence-corrected chi connectivity index (χ3v) is 7.81. The van der Waals surface area contributed by atoms with E-state index in [0.717, 1.165) is 31.2 Å². The Morgan fingerprint density at radius 1 is 0.949 bits per heavy atom. The van der Waals surface area contributed by atoms with E-state index in [1.165, 1.54) is 0 Å². The Kier molecular flexibility index (Phi) is 8.14. The first-order valence-electron chi connectivity index (χ1n) is 13.4. The Bertz CT molecular complexity index is 1310. The van der Waals surface area contributed by atoms with Crippen LogP contribution in [-0.2, 0) is 16.2 Å². The number of nitrogens with two attached hydrogens (primary N) is 1. The number of nitrogens with one attached hydrogen (secondary N) is 1. The van der Waals surface area contributed by atoms with E-state index in [9.17, 15) is 9.59 Å². The number of methoxy groups -OCH3 is 2. The van der Waals surface area contributed by atoms with Crippen molar-refractivity contribution in [2.24, 2.45) is 5.73 Å². The second-order valence-corrected chi connectivity index (χ2v) is 10.1. The second kappa shape index (κ2) is 11.9. The van der Waals surface area contributed by atoms with Crippen LogP contribution in [0.1, 0.15) is 64.7 Å². The molecule has 3 N–H and O–H groups in total. The van der Waals surface area contributed by atoms with E-state index >= 15 is 0 Å². The summed E-state index contributed by atoms with van der Waals surface area (Å²) in [5.74, 6) is -0.0885. The molecule has 0 aromatic heterocycles. The molecule has 1 aliphatic carbocycles. The van der Waals surface area contributed by atoms with Crippen LogP contribution in [0.25, 0.3) is 0 Å². The van der Waals surface area contributed by atoms with Crippen molar-refractivity contribution in [2.75, 3.05) is 14.2 Å². The van der Waals surface area contributed by atoms with Crippen LogP contribution in [0.3, 0.4) is 0 Å². The van der Waals surface area contributed by atoms with Crippen LogP contribution in [0.5, 0.6) is 11.5 Å². The topological polar surface area (TPSA) is 103 Å². The summed E-state index contributed by atoms with van der Waals surface area (Å²) in [4.78, 5) is 35.7. The van der Waals surface area contributed by atoms with Crippen molar-refractivity contribution in [3.05, 3.63) is 95.1 Å². The molecule has 2 amide bonds. The number of amides is 2. The van der Waals surface area contributed by atoms with Crippen molar-refractivity contribution in [1.82, 2.24) is 10.4 Å². The molecule has 0 unspecified atom stereocenters. The van der Waals surface area contributed by atoms with E-state index in [4.69, 9.17) is 20.0 Å². The molecular formula is C31H35N3O5. The summed E-state index contributed by atoms with van der Waals surface area (Å²) in [5.41, 5.74) is 12.1. The fraction of sp³-hybridized carbons (Fsp3) is 0.355. The molecule has 0 bridgehead atoms. The lowest BCUT2D eigenvalue weighted by atomic mass is 9.76. The zero-order valence-corrected chi connectivity index (χ0v) is 22.3. The Balaban J connectivity index is 1.60. The van der Waals surface area contributed by atoms with Crippen LogP contribution < -0.4 is 20.7 Å². The third kappa shape index (κ3) is 5.35. The van der Waals surface area contributed by atoms with Gasteiger partial charge in [0, 0.05) is 29.3 Å². The van der Waals surface area contributed by atoms with Crippen LogP contribution in [0.4, 0.5) is 0 Å². The van der Waals surface area contributed by atoms with Gasteiger partial charge >= 0.3 is 0 Å². The standard InChI is InChI=1S/C31H35N3O5/c1-37-21-16-17-24(27(18-21)38-2)29-28(30(35)33-39-19-20-10-4-3-5-11-20)22-12-6-7-13-23(22)31(36)34(29)26-15-9-8-14-25(26)32/h3-7,10-13,16-18,25-26,28-29H,8-9,14-15,19,32H2,1-2H3,(H,33,35)/t25-,26-,28-,29+/m1/s1. The van der Waals surface area contributed by atoms with E-state index in [2.05, 4.69) is 5.48 Å². The summed E-state index contributed by atoms with van der Waals surface area (Å²) >= 11 is 0. The zero-order valence-electron chi connectivity index (χ0n) is 22.3. The van der Waals surface area contributed by atoms with Crippen molar-refractivity contribution in [3.63, 3.8) is 0 Å². The first-order valence-corrected chi connectivity index (χ1v) is 13.4. The molecule has 3 aromatic carbocycles. The number of ether oxygens (including phenoxy) is 2. The Morgan fingerprint density at radius 2 is 1.69 bits per heavy atom. The van der Waals surface area contributed by atoms with Crippen LogP contribution in [0.15, 0.2) is 72.8 Å². The number of carbonyl (C=O) groups excluding carboxylic acids is 2. The summed E-state index contributed by atoms with van der Waals surface area (Å²) in [5, 5.41) is 0. The van der Waals surface area contributed by atoms with Gasteiger partial charge < -0.3 is 20.1 Å². The van der Waals surface area contributed by atoms with Crippen molar-refractivity contribution < 1.29 is 23.9 Å². The molecular weight excluding hydrogens is 494 g/mol. The predicted molar refractivity (Wildman–Crippen MR) is 147 cm³/mol. The molecule has 1 heterocycles. The van der Waals surface area contributed by atoms with Crippen LogP contribution in [0.2, 0.25) is 0 Å². The number of carbonyl (C=O) groups is 2. The number of benzene rings is 3. The minimum atomic E-state index is -0.758. The first kappa shape index (κ1) is 26.7. The molecule has 2 aliphatic rings. The van der Waals surface area contributed by atoms with Gasteiger partial charge in [-0.1, -0.05) is 61.4 Å². The van der Waals surface area contributed by atoms with Gasteiger partial charge in [-0.25, -0.2) is 5.48 Å². The third-order valence-electron chi connectivity index (χ3n) is 7.81. The molecule has 0 radical (unpaired) electrons. The van der Waals surface area contributed by atoms with E-state index < -0.39 is 12.0 Å². The fourth-order valence-corrected chi connectivity index (χ4v) is 5.91. The summed E-state index contributed by atoms with van der Waals surface area (Å²) in [7, 11) is 3.16.